The van der Waals surface area contributed by atoms with E-state index in [0.717, 1.165) is 30.9 Å². The zero-order valence-corrected chi connectivity index (χ0v) is 13.3. The molecule has 2 rings (SSSR count). The van der Waals surface area contributed by atoms with Crippen LogP contribution < -0.4 is 5.32 Å². The Labute approximate surface area is 126 Å². The normalized spacial score (nSPS) is 11.3. The van der Waals surface area contributed by atoms with E-state index in [-0.39, 0.29) is 5.82 Å². The second-order valence-corrected chi connectivity index (χ2v) is 6.08. The maximum absolute atomic E-state index is 13.7. The Morgan fingerprint density at radius 3 is 2.52 bits per heavy atom. The van der Waals surface area contributed by atoms with Gasteiger partial charge in [0.25, 0.3) is 0 Å². The van der Waals surface area contributed by atoms with E-state index < -0.39 is 0 Å². The number of nitrogens with zero attached hydrogens (tertiary/aromatic N) is 2. The quantitative estimate of drug-likeness (QED) is 0.883. The van der Waals surface area contributed by atoms with Crippen molar-refractivity contribution in [3.8, 4) is 0 Å². The van der Waals surface area contributed by atoms with Gasteiger partial charge >= 0.3 is 0 Å². The molecule has 114 valence electrons. The first-order valence-electron chi connectivity index (χ1n) is 7.42. The van der Waals surface area contributed by atoms with E-state index in [1.54, 1.807) is 0 Å². The van der Waals surface area contributed by atoms with Crippen LogP contribution in [-0.2, 0) is 13.1 Å². The van der Waals surface area contributed by atoms with Gasteiger partial charge in [0.1, 0.15) is 5.82 Å². The van der Waals surface area contributed by atoms with E-state index in [9.17, 15) is 4.39 Å². The molecule has 0 fully saturated rings. The van der Waals surface area contributed by atoms with Gasteiger partial charge in [0.05, 0.1) is 12.0 Å². The molecule has 1 heterocycles. The number of aromatic nitrogens is 2. The summed E-state index contributed by atoms with van der Waals surface area (Å²) >= 11 is 0. The maximum Gasteiger partial charge on any atom is 0.129 e. The summed E-state index contributed by atoms with van der Waals surface area (Å²) in [5.41, 5.74) is 3.65. The fraction of sp³-hybridized carbons (Fsp3) is 0.471. The lowest BCUT2D eigenvalue weighted by Crippen LogP contribution is -2.21. The molecule has 0 spiro atoms. The SMILES string of the molecule is Cc1cc(Cn2cncc2CNCC(C)C)cc(C)c1F. The van der Waals surface area contributed by atoms with E-state index in [1.165, 1.54) is 0 Å². The van der Waals surface area contributed by atoms with Crippen LogP contribution >= 0.6 is 0 Å². The fourth-order valence-electron chi connectivity index (χ4n) is 2.45. The molecule has 0 unspecified atom stereocenters. The van der Waals surface area contributed by atoms with Crippen molar-refractivity contribution in [3.63, 3.8) is 0 Å². The Hall–Kier alpha value is -1.68. The monoisotopic (exact) mass is 289 g/mol. The Kier molecular flexibility index (Phi) is 5.12. The van der Waals surface area contributed by atoms with E-state index in [0.29, 0.717) is 17.0 Å². The lowest BCUT2D eigenvalue weighted by molar-refractivity contribution is 0.539. The maximum atomic E-state index is 13.7. The van der Waals surface area contributed by atoms with Gasteiger partial charge in [0, 0.05) is 19.3 Å². The van der Waals surface area contributed by atoms with Crippen LogP contribution in [0, 0.1) is 25.6 Å². The summed E-state index contributed by atoms with van der Waals surface area (Å²) < 4.78 is 15.8. The molecule has 4 heteroatoms. The minimum absolute atomic E-state index is 0.108. The van der Waals surface area contributed by atoms with Gasteiger partial charge in [-0.25, -0.2) is 9.37 Å². The van der Waals surface area contributed by atoms with Crippen molar-refractivity contribution >= 4 is 0 Å². The van der Waals surface area contributed by atoms with Crippen LogP contribution in [-0.4, -0.2) is 16.1 Å². The van der Waals surface area contributed by atoms with Gasteiger partial charge in [0.2, 0.25) is 0 Å². The van der Waals surface area contributed by atoms with Crippen molar-refractivity contribution in [3.05, 3.63) is 52.9 Å². The van der Waals surface area contributed by atoms with Crippen LogP contribution in [0.4, 0.5) is 4.39 Å². The Morgan fingerprint density at radius 1 is 1.24 bits per heavy atom. The molecule has 1 N–H and O–H groups in total. The predicted octanol–water partition coefficient (Wildman–Crippen LogP) is 3.43. The predicted molar refractivity (Wildman–Crippen MR) is 83.7 cm³/mol. The molecular weight excluding hydrogens is 265 g/mol. The van der Waals surface area contributed by atoms with E-state index >= 15 is 0 Å². The molecule has 0 amide bonds. The van der Waals surface area contributed by atoms with Crippen LogP contribution in [0.15, 0.2) is 24.7 Å². The number of nitrogens with one attached hydrogen (secondary N) is 1. The van der Waals surface area contributed by atoms with Crippen LogP contribution in [0.2, 0.25) is 0 Å². The number of rotatable bonds is 6. The van der Waals surface area contributed by atoms with Gasteiger partial charge in [0.15, 0.2) is 0 Å². The molecule has 1 aromatic carbocycles. The zero-order chi connectivity index (χ0) is 15.4. The number of imidazole rings is 1. The third-order valence-corrected chi connectivity index (χ3v) is 3.51. The fourth-order valence-corrected chi connectivity index (χ4v) is 2.45. The van der Waals surface area contributed by atoms with Crippen molar-refractivity contribution < 1.29 is 4.39 Å². The van der Waals surface area contributed by atoms with E-state index in [4.69, 9.17) is 0 Å². The van der Waals surface area contributed by atoms with Gasteiger partial charge < -0.3 is 9.88 Å². The molecule has 0 aliphatic rings. The van der Waals surface area contributed by atoms with Crippen LogP contribution in [0.1, 0.15) is 36.2 Å². The summed E-state index contributed by atoms with van der Waals surface area (Å²) in [4.78, 5) is 4.23. The smallest absolute Gasteiger partial charge is 0.129 e. The average molecular weight is 289 g/mol. The van der Waals surface area contributed by atoms with E-state index in [1.807, 2.05) is 38.5 Å². The molecule has 0 aliphatic carbocycles. The second-order valence-electron chi connectivity index (χ2n) is 6.08. The van der Waals surface area contributed by atoms with Gasteiger partial charge in [-0.3, -0.25) is 0 Å². The molecule has 1 aromatic heterocycles. The molecule has 0 aliphatic heterocycles. The molecule has 0 radical (unpaired) electrons. The highest BCUT2D eigenvalue weighted by molar-refractivity contribution is 5.30. The van der Waals surface area contributed by atoms with Crippen LogP contribution in [0.3, 0.4) is 0 Å². The summed E-state index contributed by atoms with van der Waals surface area (Å²) in [6.45, 7) is 10.5. The van der Waals surface area contributed by atoms with Crippen LogP contribution in [0.25, 0.3) is 0 Å². The summed E-state index contributed by atoms with van der Waals surface area (Å²) in [5.74, 6) is 0.520. The van der Waals surface area contributed by atoms with Crippen LogP contribution in [0.5, 0.6) is 0 Å². The minimum atomic E-state index is -0.108. The molecule has 0 bridgehead atoms. The first kappa shape index (κ1) is 15.7. The number of aryl methyl sites for hydroxylation is 2. The minimum Gasteiger partial charge on any atom is -0.329 e. The molecule has 3 nitrogen and oxygen atoms in total. The van der Waals surface area contributed by atoms with Gasteiger partial charge in [-0.2, -0.15) is 0 Å². The largest absolute Gasteiger partial charge is 0.329 e. The van der Waals surface area contributed by atoms with Crippen molar-refractivity contribution in [2.24, 2.45) is 5.92 Å². The highest BCUT2D eigenvalue weighted by Crippen LogP contribution is 2.16. The van der Waals surface area contributed by atoms with E-state index in [2.05, 4.69) is 28.7 Å². The van der Waals surface area contributed by atoms with Gasteiger partial charge in [-0.05, 0) is 43.0 Å². The number of hydrogen-bond donors (Lipinski definition) is 1. The second kappa shape index (κ2) is 6.85. The average Bonchev–Trinajstić information content (AvgIpc) is 2.83. The number of hydrogen-bond acceptors (Lipinski definition) is 2. The summed E-state index contributed by atoms with van der Waals surface area (Å²) in [5, 5.41) is 3.42. The highest BCUT2D eigenvalue weighted by atomic mass is 19.1. The molecule has 21 heavy (non-hydrogen) atoms. The van der Waals surface area contributed by atoms with Crippen molar-refractivity contribution in [1.82, 2.24) is 14.9 Å². The third-order valence-electron chi connectivity index (χ3n) is 3.51. The van der Waals surface area contributed by atoms with Gasteiger partial charge in [-0.1, -0.05) is 26.0 Å². The third kappa shape index (κ3) is 4.14. The summed E-state index contributed by atoms with van der Waals surface area (Å²) in [7, 11) is 0. The van der Waals surface area contributed by atoms with Gasteiger partial charge in [-0.15, -0.1) is 0 Å². The molecule has 0 saturated carbocycles. The van der Waals surface area contributed by atoms with Crippen molar-refractivity contribution in [1.29, 1.82) is 0 Å². The Balaban J connectivity index is 2.08. The first-order chi connectivity index (χ1) is 9.97. The van der Waals surface area contributed by atoms with Crippen molar-refractivity contribution in [2.75, 3.05) is 6.54 Å². The standard InChI is InChI=1S/C17H24FN3/c1-12(2)7-19-8-16-9-20-11-21(16)10-15-5-13(3)17(18)14(4)6-15/h5-6,9,11-12,19H,7-8,10H2,1-4H3. The highest BCUT2D eigenvalue weighted by Gasteiger charge is 2.07. The summed E-state index contributed by atoms with van der Waals surface area (Å²) in [6, 6.07) is 3.82. The molecular formula is C17H24FN3. The Bertz CT molecular complexity index is 579. The summed E-state index contributed by atoms with van der Waals surface area (Å²) in [6.07, 6.45) is 3.72. The van der Waals surface area contributed by atoms with Crippen molar-refractivity contribution in [2.45, 2.75) is 40.8 Å². The molecule has 0 saturated heterocycles. The Morgan fingerprint density at radius 2 is 1.90 bits per heavy atom. The lowest BCUT2D eigenvalue weighted by atomic mass is 10.1. The zero-order valence-electron chi connectivity index (χ0n) is 13.3. The molecule has 0 atom stereocenters. The first-order valence-corrected chi connectivity index (χ1v) is 7.42. The molecule has 2 aromatic rings. The lowest BCUT2D eigenvalue weighted by Gasteiger charge is -2.12. The topological polar surface area (TPSA) is 29.9 Å². The number of benzene rings is 1. The number of halogens is 1.